The highest BCUT2D eigenvalue weighted by Crippen LogP contribution is 2.30. The van der Waals surface area contributed by atoms with Crippen LogP contribution in [0.15, 0.2) is 41.3 Å². The first-order valence-corrected chi connectivity index (χ1v) is 12.2. The highest BCUT2D eigenvalue weighted by Gasteiger charge is 2.32. The van der Waals surface area contributed by atoms with Crippen LogP contribution in [-0.4, -0.2) is 62.2 Å². The molecular formula is C21H26F3N5O2S. The quantitative estimate of drug-likeness (QED) is 0.684. The Morgan fingerprint density at radius 3 is 1.66 bits per heavy atom. The van der Waals surface area contributed by atoms with Crippen molar-refractivity contribution in [1.29, 1.82) is 0 Å². The number of anilines is 2. The highest BCUT2D eigenvalue weighted by atomic mass is 32.2. The van der Waals surface area contributed by atoms with Gasteiger partial charge in [-0.15, -0.1) is 10.2 Å². The first-order valence-electron chi connectivity index (χ1n) is 10.8. The normalized spacial score (nSPS) is 19.1. The molecule has 32 heavy (non-hydrogen) atoms. The van der Waals surface area contributed by atoms with E-state index in [-0.39, 0.29) is 18.0 Å². The van der Waals surface area contributed by atoms with Gasteiger partial charge in [-0.05, 0) is 49.2 Å². The number of halogens is 3. The molecule has 0 saturated carbocycles. The summed E-state index contributed by atoms with van der Waals surface area (Å²) in [6.07, 6.45) is 0.276. The first kappa shape index (κ1) is 22.8. The van der Waals surface area contributed by atoms with Gasteiger partial charge < -0.3 is 9.80 Å². The van der Waals surface area contributed by atoms with Crippen molar-refractivity contribution in [2.45, 2.75) is 36.8 Å². The zero-order valence-corrected chi connectivity index (χ0v) is 18.4. The lowest BCUT2D eigenvalue weighted by Gasteiger charge is -2.34. The van der Waals surface area contributed by atoms with E-state index >= 15 is 0 Å². The number of alkyl halides is 3. The molecule has 2 aliphatic rings. The lowest BCUT2D eigenvalue weighted by atomic mass is 10.2. The molecule has 3 heterocycles. The van der Waals surface area contributed by atoms with E-state index in [0.29, 0.717) is 18.9 Å². The molecule has 0 radical (unpaired) electrons. The van der Waals surface area contributed by atoms with E-state index in [4.69, 9.17) is 0 Å². The number of sulfonamides is 1. The van der Waals surface area contributed by atoms with Crippen molar-refractivity contribution >= 4 is 21.7 Å². The van der Waals surface area contributed by atoms with Crippen molar-refractivity contribution in [1.82, 2.24) is 14.5 Å². The number of benzene rings is 1. The molecule has 0 amide bonds. The van der Waals surface area contributed by atoms with Gasteiger partial charge in [-0.25, -0.2) is 8.42 Å². The Kier molecular flexibility index (Phi) is 6.57. The van der Waals surface area contributed by atoms with Gasteiger partial charge in [0.05, 0.1) is 10.5 Å². The minimum atomic E-state index is -4.50. The summed E-state index contributed by atoms with van der Waals surface area (Å²) in [5.74, 6) is 1.55. The third kappa shape index (κ3) is 4.98. The number of rotatable bonds is 4. The van der Waals surface area contributed by atoms with E-state index in [9.17, 15) is 21.6 Å². The molecule has 1 aromatic carbocycles. The summed E-state index contributed by atoms with van der Waals surface area (Å²) in [6, 6.07) is 7.48. The fraction of sp³-hybridized carbons (Fsp3) is 0.524. The minimum Gasteiger partial charge on any atom is -0.355 e. The van der Waals surface area contributed by atoms with Gasteiger partial charge in [0.25, 0.3) is 0 Å². The fourth-order valence-corrected chi connectivity index (χ4v) is 5.50. The van der Waals surface area contributed by atoms with Crippen molar-refractivity contribution in [3.05, 3.63) is 42.0 Å². The van der Waals surface area contributed by atoms with E-state index in [1.807, 2.05) is 17.0 Å². The molecule has 11 heteroatoms. The van der Waals surface area contributed by atoms with E-state index in [2.05, 4.69) is 15.1 Å². The number of hydrogen-bond donors (Lipinski definition) is 0. The van der Waals surface area contributed by atoms with Crippen molar-refractivity contribution < 1.29 is 21.6 Å². The van der Waals surface area contributed by atoms with Gasteiger partial charge in [0.1, 0.15) is 0 Å². The number of hydrogen-bond acceptors (Lipinski definition) is 6. The van der Waals surface area contributed by atoms with Gasteiger partial charge in [-0.3, -0.25) is 0 Å². The Morgan fingerprint density at radius 2 is 1.19 bits per heavy atom. The smallest absolute Gasteiger partial charge is 0.355 e. The first-order chi connectivity index (χ1) is 15.2. The largest absolute Gasteiger partial charge is 0.416 e. The molecule has 0 spiro atoms. The van der Waals surface area contributed by atoms with E-state index in [0.717, 1.165) is 56.0 Å². The molecule has 2 aromatic rings. The Balaban J connectivity index is 1.38. The minimum absolute atomic E-state index is 0.138. The molecule has 0 N–H and O–H groups in total. The number of piperazine rings is 1. The van der Waals surface area contributed by atoms with Gasteiger partial charge in [0.2, 0.25) is 10.0 Å². The second-order valence-corrected chi connectivity index (χ2v) is 10.0. The zero-order chi connectivity index (χ0) is 22.8. The molecule has 0 bridgehead atoms. The molecule has 4 rings (SSSR count). The Labute approximate surface area is 185 Å². The molecule has 7 nitrogen and oxygen atoms in total. The predicted molar refractivity (Wildman–Crippen MR) is 115 cm³/mol. The van der Waals surface area contributed by atoms with Crippen molar-refractivity contribution in [2.24, 2.45) is 0 Å². The number of nitrogens with zero attached hydrogens (tertiary/aromatic N) is 5. The summed E-state index contributed by atoms with van der Waals surface area (Å²) >= 11 is 0. The standard InChI is InChI=1S/C21H26F3N5O2S/c22-21(23,24)17-5-7-18(8-6-17)32(30,31)29-15-13-28(14-16-29)20-10-9-19(25-26-20)27-11-3-1-2-4-12-27/h5-10H,1-4,11-16H2. The van der Waals surface area contributed by atoms with Crippen LogP contribution in [0.2, 0.25) is 0 Å². The maximum absolute atomic E-state index is 12.8. The highest BCUT2D eigenvalue weighted by molar-refractivity contribution is 7.89. The lowest BCUT2D eigenvalue weighted by molar-refractivity contribution is -0.137. The average molecular weight is 470 g/mol. The fourth-order valence-electron chi connectivity index (χ4n) is 4.08. The monoisotopic (exact) mass is 469 g/mol. The van der Waals surface area contributed by atoms with Crippen LogP contribution >= 0.6 is 0 Å². The summed E-state index contributed by atoms with van der Waals surface area (Å²) in [5, 5.41) is 8.72. The van der Waals surface area contributed by atoms with Gasteiger partial charge >= 0.3 is 6.18 Å². The van der Waals surface area contributed by atoms with Crippen LogP contribution in [-0.2, 0) is 16.2 Å². The van der Waals surface area contributed by atoms with Crippen LogP contribution in [0.3, 0.4) is 0 Å². The maximum atomic E-state index is 12.8. The van der Waals surface area contributed by atoms with Crippen LogP contribution in [0, 0.1) is 0 Å². The maximum Gasteiger partial charge on any atom is 0.416 e. The van der Waals surface area contributed by atoms with Gasteiger partial charge in [0, 0.05) is 39.3 Å². The van der Waals surface area contributed by atoms with Crippen molar-refractivity contribution in [3.63, 3.8) is 0 Å². The SMILES string of the molecule is O=S(=O)(c1ccc(C(F)(F)F)cc1)N1CCN(c2ccc(N3CCCCCC3)nn2)CC1. The Morgan fingerprint density at radius 1 is 0.688 bits per heavy atom. The molecular weight excluding hydrogens is 443 g/mol. The van der Waals surface area contributed by atoms with Crippen LogP contribution < -0.4 is 9.80 Å². The van der Waals surface area contributed by atoms with Crippen LogP contribution in [0.5, 0.6) is 0 Å². The number of aromatic nitrogens is 2. The summed E-state index contributed by atoms with van der Waals surface area (Å²) in [4.78, 5) is 4.08. The van der Waals surface area contributed by atoms with Crippen LogP contribution in [0.1, 0.15) is 31.2 Å². The molecule has 1 aromatic heterocycles. The van der Waals surface area contributed by atoms with Crippen LogP contribution in [0.4, 0.5) is 24.8 Å². The zero-order valence-electron chi connectivity index (χ0n) is 17.6. The third-order valence-electron chi connectivity index (χ3n) is 5.95. The molecule has 2 aliphatic heterocycles. The molecule has 0 atom stereocenters. The van der Waals surface area contributed by atoms with E-state index < -0.39 is 21.8 Å². The summed E-state index contributed by atoms with van der Waals surface area (Å²) in [5.41, 5.74) is -0.872. The van der Waals surface area contributed by atoms with Gasteiger partial charge in [0.15, 0.2) is 11.6 Å². The molecule has 174 valence electrons. The average Bonchev–Trinajstić information content (AvgIpc) is 3.08. The van der Waals surface area contributed by atoms with Crippen molar-refractivity contribution in [3.8, 4) is 0 Å². The summed E-state index contributed by atoms with van der Waals surface area (Å²) in [7, 11) is -3.86. The second kappa shape index (κ2) is 9.22. The van der Waals surface area contributed by atoms with Crippen LogP contribution in [0.25, 0.3) is 0 Å². The van der Waals surface area contributed by atoms with Gasteiger partial charge in [-0.2, -0.15) is 17.5 Å². The molecule has 2 saturated heterocycles. The Bertz CT molecular complexity index is 997. The van der Waals surface area contributed by atoms with Gasteiger partial charge in [-0.1, -0.05) is 12.8 Å². The van der Waals surface area contributed by atoms with E-state index in [1.54, 1.807) is 0 Å². The second-order valence-electron chi connectivity index (χ2n) is 8.06. The predicted octanol–water partition coefficient (Wildman–Crippen LogP) is 3.39. The summed E-state index contributed by atoms with van der Waals surface area (Å²) in [6.45, 7) is 3.26. The lowest BCUT2D eigenvalue weighted by Crippen LogP contribution is -2.49. The summed E-state index contributed by atoms with van der Waals surface area (Å²) < 4.78 is 65.2. The molecule has 0 aliphatic carbocycles. The van der Waals surface area contributed by atoms with Crippen molar-refractivity contribution in [2.75, 3.05) is 49.1 Å². The topological polar surface area (TPSA) is 69.6 Å². The molecule has 2 fully saturated rings. The molecule has 0 unspecified atom stereocenters. The third-order valence-corrected chi connectivity index (χ3v) is 7.86. The van der Waals surface area contributed by atoms with E-state index in [1.165, 1.54) is 17.1 Å². The Hall–Kier alpha value is -2.40.